The first-order chi connectivity index (χ1) is 7.59. The molecule has 0 aliphatic rings. The summed E-state index contributed by atoms with van der Waals surface area (Å²) in [4.78, 5) is 15.9. The van der Waals surface area contributed by atoms with Crippen LogP contribution in [0.15, 0.2) is 30.3 Å². The number of para-hydroxylation sites is 1. The predicted molar refractivity (Wildman–Crippen MR) is 69.6 cm³/mol. The average molecular weight is 253 g/mol. The molecule has 0 radical (unpaired) electrons. The van der Waals surface area contributed by atoms with E-state index in [1.54, 1.807) is 6.07 Å². The lowest BCUT2D eigenvalue weighted by Crippen LogP contribution is -2.38. The van der Waals surface area contributed by atoms with Crippen LogP contribution in [0.4, 0.5) is 0 Å². The normalized spacial score (nSPS) is 9.71. The van der Waals surface area contributed by atoms with Gasteiger partial charge in [0.2, 0.25) is 0 Å². The van der Waals surface area contributed by atoms with Crippen molar-refractivity contribution in [3.63, 3.8) is 0 Å². The zero-order valence-corrected chi connectivity index (χ0v) is 10.0. The Balaban J connectivity index is 0.00000144. The molecule has 0 atom stereocenters. The predicted octanol–water partition coefficient (Wildman–Crippen LogP) is 1.56. The van der Waals surface area contributed by atoms with Gasteiger partial charge < -0.3 is 10.7 Å². The first-order valence-electron chi connectivity index (χ1n) is 4.79. The number of fused-ring (bicyclic) bond motifs is 1. The lowest BCUT2D eigenvalue weighted by molar-refractivity contribution is 0.0864. The minimum atomic E-state index is -0.316. The third-order valence-corrected chi connectivity index (χ3v) is 2.43. The quantitative estimate of drug-likeness (QED) is 0.531. The fourth-order valence-electron chi connectivity index (χ4n) is 1.48. The molecule has 17 heavy (non-hydrogen) atoms. The molecule has 1 aromatic carbocycles. The Kier molecular flexibility index (Phi) is 3.75. The van der Waals surface area contributed by atoms with Gasteiger partial charge >= 0.3 is 0 Å². The number of aromatic amines is 1. The topological polar surface area (TPSA) is 86.0 Å². The molecule has 2 aromatic rings. The Hall–Kier alpha value is -2.01. The van der Waals surface area contributed by atoms with Crippen molar-refractivity contribution in [3.8, 4) is 0 Å². The highest BCUT2D eigenvalue weighted by molar-refractivity contribution is 6.05. The van der Waals surface area contributed by atoms with Crippen molar-refractivity contribution >= 4 is 35.2 Å². The molecule has 0 unspecified atom stereocenters. The highest BCUT2D eigenvalue weighted by atomic mass is 35.5. The molecule has 0 spiro atoms. The number of H-pyrrole nitrogens is 1. The van der Waals surface area contributed by atoms with Crippen LogP contribution in [0.1, 0.15) is 10.5 Å². The van der Waals surface area contributed by atoms with Crippen molar-refractivity contribution in [2.24, 2.45) is 5.73 Å². The SMILES string of the molecule is CN(C(=N)N)C(=O)c1cc2ccccc2[nH]1.Cl. The minimum Gasteiger partial charge on any atom is -0.370 e. The maximum Gasteiger partial charge on any atom is 0.276 e. The number of carbonyl (C=O) groups is 1. The third kappa shape index (κ3) is 2.39. The lowest BCUT2D eigenvalue weighted by atomic mass is 10.2. The summed E-state index contributed by atoms with van der Waals surface area (Å²) in [6.07, 6.45) is 0. The van der Waals surface area contributed by atoms with Crippen molar-refractivity contribution < 1.29 is 4.79 Å². The maximum absolute atomic E-state index is 11.8. The molecule has 0 fully saturated rings. The van der Waals surface area contributed by atoms with Crippen LogP contribution >= 0.6 is 12.4 Å². The highest BCUT2D eigenvalue weighted by Crippen LogP contribution is 2.15. The summed E-state index contributed by atoms with van der Waals surface area (Å²) in [7, 11) is 1.47. The number of aromatic nitrogens is 1. The van der Waals surface area contributed by atoms with Crippen LogP contribution in [0.2, 0.25) is 0 Å². The summed E-state index contributed by atoms with van der Waals surface area (Å²) in [5, 5.41) is 8.14. The van der Waals surface area contributed by atoms with Gasteiger partial charge in [0, 0.05) is 18.0 Å². The van der Waals surface area contributed by atoms with Crippen molar-refractivity contribution in [3.05, 3.63) is 36.0 Å². The Morgan fingerprint density at radius 2 is 2.06 bits per heavy atom. The van der Waals surface area contributed by atoms with Crippen LogP contribution in [0.25, 0.3) is 10.9 Å². The molecule has 0 saturated carbocycles. The van der Waals surface area contributed by atoms with Crippen LogP contribution in [0.5, 0.6) is 0 Å². The van der Waals surface area contributed by atoms with Gasteiger partial charge in [0.15, 0.2) is 5.96 Å². The largest absolute Gasteiger partial charge is 0.370 e. The van der Waals surface area contributed by atoms with E-state index in [1.165, 1.54) is 7.05 Å². The number of hydrogen-bond acceptors (Lipinski definition) is 2. The molecule has 2 rings (SSSR count). The van der Waals surface area contributed by atoms with E-state index in [1.807, 2.05) is 24.3 Å². The number of hydrogen-bond donors (Lipinski definition) is 3. The summed E-state index contributed by atoms with van der Waals surface area (Å²) in [5.41, 5.74) is 6.56. The maximum atomic E-state index is 11.8. The summed E-state index contributed by atoms with van der Waals surface area (Å²) in [6.45, 7) is 0. The van der Waals surface area contributed by atoms with E-state index in [9.17, 15) is 4.79 Å². The second-order valence-corrected chi connectivity index (χ2v) is 3.52. The van der Waals surface area contributed by atoms with E-state index in [0.29, 0.717) is 5.69 Å². The van der Waals surface area contributed by atoms with Crippen LogP contribution in [-0.4, -0.2) is 28.8 Å². The molecule has 0 aliphatic heterocycles. The minimum absolute atomic E-state index is 0. The van der Waals surface area contributed by atoms with Gasteiger partial charge in [-0.2, -0.15) is 0 Å². The van der Waals surface area contributed by atoms with Crippen LogP contribution in [0, 0.1) is 5.41 Å². The number of nitrogens with one attached hydrogen (secondary N) is 2. The second kappa shape index (κ2) is 4.88. The fourth-order valence-corrected chi connectivity index (χ4v) is 1.48. The van der Waals surface area contributed by atoms with E-state index < -0.39 is 0 Å². The molecular formula is C11H13ClN4O. The number of nitrogens with zero attached hydrogens (tertiary/aromatic N) is 1. The molecule has 1 aromatic heterocycles. The Morgan fingerprint density at radius 3 is 2.65 bits per heavy atom. The third-order valence-electron chi connectivity index (χ3n) is 2.43. The number of benzene rings is 1. The number of amides is 1. The summed E-state index contributed by atoms with van der Waals surface area (Å²) in [5.74, 6) is -0.590. The molecule has 1 amide bonds. The van der Waals surface area contributed by atoms with E-state index in [0.717, 1.165) is 15.8 Å². The zero-order valence-electron chi connectivity index (χ0n) is 9.23. The zero-order chi connectivity index (χ0) is 11.7. The Bertz CT molecular complexity index is 530. The molecule has 0 saturated heterocycles. The second-order valence-electron chi connectivity index (χ2n) is 3.52. The smallest absolute Gasteiger partial charge is 0.276 e. The van der Waals surface area contributed by atoms with Crippen LogP contribution < -0.4 is 5.73 Å². The number of nitrogens with two attached hydrogens (primary N) is 1. The number of carbonyl (C=O) groups excluding carboxylic acids is 1. The van der Waals surface area contributed by atoms with Crippen molar-refractivity contribution in [2.75, 3.05) is 7.05 Å². The van der Waals surface area contributed by atoms with Crippen LogP contribution in [-0.2, 0) is 0 Å². The molecular weight excluding hydrogens is 240 g/mol. The highest BCUT2D eigenvalue weighted by Gasteiger charge is 2.15. The summed E-state index contributed by atoms with van der Waals surface area (Å²) < 4.78 is 0. The molecule has 4 N–H and O–H groups in total. The molecule has 6 heteroatoms. The number of guanidine groups is 1. The van der Waals surface area contributed by atoms with E-state index in [2.05, 4.69) is 4.98 Å². The van der Waals surface area contributed by atoms with Gasteiger partial charge in [-0.15, -0.1) is 12.4 Å². The van der Waals surface area contributed by atoms with E-state index in [-0.39, 0.29) is 24.3 Å². The summed E-state index contributed by atoms with van der Waals surface area (Å²) in [6, 6.07) is 9.34. The molecule has 0 aliphatic carbocycles. The molecule has 5 nitrogen and oxygen atoms in total. The molecule has 90 valence electrons. The first-order valence-corrected chi connectivity index (χ1v) is 4.79. The van der Waals surface area contributed by atoms with Crippen molar-refractivity contribution in [1.29, 1.82) is 5.41 Å². The van der Waals surface area contributed by atoms with E-state index in [4.69, 9.17) is 11.1 Å². The molecule has 1 heterocycles. The van der Waals surface area contributed by atoms with Crippen LogP contribution in [0.3, 0.4) is 0 Å². The Labute approximate surface area is 105 Å². The van der Waals surface area contributed by atoms with Gasteiger partial charge in [-0.1, -0.05) is 18.2 Å². The van der Waals surface area contributed by atoms with Gasteiger partial charge in [0.25, 0.3) is 5.91 Å². The first kappa shape index (κ1) is 13.1. The average Bonchev–Trinajstić information content (AvgIpc) is 2.70. The standard InChI is InChI=1S/C11H12N4O.ClH/c1-15(11(12)13)10(16)9-6-7-4-2-3-5-8(7)14-9;/h2-6,14H,1H3,(H3,12,13);1H. The lowest BCUT2D eigenvalue weighted by Gasteiger charge is -2.12. The van der Waals surface area contributed by atoms with Gasteiger partial charge in [-0.05, 0) is 12.1 Å². The Morgan fingerprint density at radius 1 is 1.41 bits per heavy atom. The van der Waals surface area contributed by atoms with Gasteiger partial charge in [0.1, 0.15) is 5.69 Å². The fraction of sp³-hybridized carbons (Fsp3) is 0.0909. The van der Waals surface area contributed by atoms with E-state index >= 15 is 0 Å². The molecule has 0 bridgehead atoms. The van der Waals surface area contributed by atoms with Crippen molar-refractivity contribution in [1.82, 2.24) is 9.88 Å². The number of halogens is 1. The van der Waals surface area contributed by atoms with Gasteiger partial charge in [-0.3, -0.25) is 15.1 Å². The summed E-state index contributed by atoms with van der Waals surface area (Å²) >= 11 is 0. The number of rotatable bonds is 1. The van der Waals surface area contributed by atoms with Gasteiger partial charge in [0.05, 0.1) is 0 Å². The monoisotopic (exact) mass is 252 g/mol. The van der Waals surface area contributed by atoms with Gasteiger partial charge in [-0.25, -0.2) is 0 Å². The van der Waals surface area contributed by atoms with Crippen molar-refractivity contribution in [2.45, 2.75) is 0 Å².